The SMILES string of the molecule is CCCCCn1nc(-c2c(C)n(CCCC)c3cc(C)ccc23)cc1C(=O)O. The number of carboxylic acid groups (broad SMARTS) is 1. The molecule has 0 amide bonds. The van der Waals surface area contributed by atoms with Gasteiger partial charge in [-0.1, -0.05) is 45.2 Å². The molecule has 1 aromatic carbocycles. The van der Waals surface area contributed by atoms with Gasteiger partial charge in [-0.15, -0.1) is 0 Å². The molecule has 0 aliphatic rings. The average Bonchev–Trinajstić information content (AvgIpc) is 3.19. The molecule has 28 heavy (non-hydrogen) atoms. The van der Waals surface area contributed by atoms with Crippen LogP contribution in [0.4, 0.5) is 0 Å². The lowest BCUT2D eigenvalue weighted by Crippen LogP contribution is -2.10. The van der Waals surface area contributed by atoms with Gasteiger partial charge in [0.05, 0.1) is 5.69 Å². The van der Waals surface area contributed by atoms with Gasteiger partial charge < -0.3 is 9.67 Å². The summed E-state index contributed by atoms with van der Waals surface area (Å²) in [5.41, 5.74) is 5.68. The molecular formula is C23H31N3O2. The Balaban J connectivity index is 2.14. The van der Waals surface area contributed by atoms with E-state index in [2.05, 4.69) is 50.5 Å². The molecule has 0 unspecified atom stereocenters. The first-order valence-corrected chi connectivity index (χ1v) is 10.4. The molecule has 0 fully saturated rings. The number of fused-ring (bicyclic) bond motifs is 1. The first-order valence-electron chi connectivity index (χ1n) is 10.4. The third-order valence-corrected chi connectivity index (χ3v) is 5.44. The molecule has 0 spiro atoms. The highest BCUT2D eigenvalue weighted by atomic mass is 16.4. The first kappa shape index (κ1) is 20.2. The number of aromatic nitrogens is 3. The molecular weight excluding hydrogens is 350 g/mol. The number of aryl methyl sites for hydroxylation is 3. The summed E-state index contributed by atoms with van der Waals surface area (Å²) in [7, 11) is 0. The van der Waals surface area contributed by atoms with Crippen LogP contribution >= 0.6 is 0 Å². The molecule has 2 aromatic heterocycles. The van der Waals surface area contributed by atoms with Crippen LogP contribution in [0.15, 0.2) is 24.3 Å². The van der Waals surface area contributed by atoms with Crippen LogP contribution in [-0.2, 0) is 13.1 Å². The first-order chi connectivity index (χ1) is 13.5. The number of aromatic carboxylic acids is 1. The van der Waals surface area contributed by atoms with Crippen molar-refractivity contribution in [3.63, 3.8) is 0 Å². The predicted molar refractivity (Wildman–Crippen MR) is 114 cm³/mol. The summed E-state index contributed by atoms with van der Waals surface area (Å²) in [5, 5.41) is 15.5. The highest BCUT2D eigenvalue weighted by Crippen LogP contribution is 2.35. The minimum absolute atomic E-state index is 0.270. The lowest BCUT2D eigenvalue weighted by molar-refractivity contribution is 0.0683. The quantitative estimate of drug-likeness (QED) is 0.476. The van der Waals surface area contributed by atoms with Gasteiger partial charge in [-0.2, -0.15) is 5.10 Å². The molecule has 0 saturated carbocycles. The summed E-state index contributed by atoms with van der Waals surface area (Å²) in [5.74, 6) is -0.918. The molecule has 0 aliphatic carbocycles. The maximum absolute atomic E-state index is 11.8. The largest absolute Gasteiger partial charge is 0.477 e. The molecule has 0 aliphatic heterocycles. The fraction of sp³-hybridized carbons (Fsp3) is 0.478. The molecule has 3 aromatic rings. The molecule has 0 atom stereocenters. The highest BCUT2D eigenvalue weighted by Gasteiger charge is 2.21. The number of carboxylic acids is 1. The van der Waals surface area contributed by atoms with E-state index < -0.39 is 5.97 Å². The minimum Gasteiger partial charge on any atom is -0.477 e. The minimum atomic E-state index is -0.918. The van der Waals surface area contributed by atoms with Gasteiger partial charge in [0, 0.05) is 35.2 Å². The normalized spacial score (nSPS) is 11.4. The Hall–Kier alpha value is -2.56. The van der Waals surface area contributed by atoms with E-state index in [9.17, 15) is 9.90 Å². The molecule has 5 nitrogen and oxygen atoms in total. The standard InChI is InChI=1S/C23H31N3O2/c1-5-7-9-13-26-21(23(27)28)15-19(24-26)22-17(4)25(12-8-6-2)20-14-16(3)10-11-18(20)22/h10-11,14-15H,5-9,12-13H2,1-4H3,(H,27,28). The summed E-state index contributed by atoms with van der Waals surface area (Å²) in [4.78, 5) is 11.8. The number of hydrogen-bond acceptors (Lipinski definition) is 2. The van der Waals surface area contributed by atoms with Gasteiger partial charge in [0.15, 0.2) is 0 Å². The Morgan fingerprint density at radius 3 is 2.46 bits per heavy atom. The summed E-state index contributed by atoms with van der Waals surface area (Å²) in [6.07, 6.45) is 5.36. The lowest BCUT2D eigenvalue weighted by Gasteiger charge is -2.07. The molecule has 0 saturated heterocycles. The fourth-order valence-electron chi connectivity index (χ4n) is 3.91. The zero-order valence-corrected chi connectivity index (χ0v) is 17.5. The molecule has 5 heteroatoms. The Morgan fingerprint density at radius 1 is 1.04 bits per heavy atom. The number of unbranched alkanes of at least 4 members (excludes halogenated alkanes) is 3. The monoisotopic (exact) mass is 381 g/mol. The van der Waals surface area contributed by atoms with E-state index in [1.807, 2.05) is 0 Å². The van der Waals surface area contributed by atoms with Crippen molar-refractivity contribution in [1.82, 2.24) is 14.3 Å². The van der Waals surface area contributed by atoms with Crippen molar-refractivity contribution in [3.8, 4) is 11.3 Å². The van der Waals surface area contributed by atoms with Crippen molar-refractivity contribution in [2.24, 2.45) is 0 Å². The van der Waals surface area contributed by atoms with Crippen molar-refractivity contribution in [2.75, 3.05) is 0 Å². The summed E-state index contributed by atoms with van der Waals surface area (Å²) in [6, 6.07) is 8.22. The number of nitrogens with zero attached hydrogens (tertiary/aromatic N) is 3. The summed E-state index contributed by atoms with van der Waals surface area (Å²) < 4.78 is 4.02. The lowest BCUT2D eigenvalue weighted by atomic mass is 10.1. The van der Waals surface area contributed by atoms with Crippen LogP contribution in [0.5, 0.6) is 0 Å². The molecule has 0 bridgehead atoms. The molecule has 0 radical (unpaired) electrons. The Bertz CT molecular complexity index is 982. The van der Waals surface area contributed by atoms with Crippen LogP contribution < -0.4 is 0 Å². The van der Waals surface area contributed by atoms with Crippen molar-refractivity contribution in [1.29, 1.82) is 0 Å². The number of rotatable bonds is 9. The van der Waals surface area contributed by atoms with Gasteiger partial charge in [0.25, 0.3) is 0 Å². The Morgan fingerprint density at radius 2 is 1.79 bits per heavy atom. The fourth-order valence-corrected chi connectivity index (χ4v) is 3.91. The van der Waals surface area contributed by atoms with E-state index >= 15 is 0 Å². The average molecular weight is 382 g/mol. The second kappa shape index (κ2) is 8.63. The second-order valence-electron chi connectivity index (χ2n) is 7.64. The van der Waals surface area contributed by atoms with Crippen molar-refractivity contribution < 1.29 is 9.90 Å². The smallest absolute Gasteiger partial charge is 0.354 e. The van der Waals surface area contributed by atoms with Crippen LogP contribution in [0, 0.1) is 13.8 Å². The molecule has 2 heterocycles. The van der Waals surface area contributed by atoms with Crippen LogP contribution in [0.2, 0.25) is 0 Å². The molecule has 1 N–H and O–H groups in total. The van der Waals surface area contributed by atoms with E-state index in [1.165, 1.54) is 11.1 Å². The van der Waals surface area contributed by atoms with Crippen LogP contribution in [0.1, 0.15) is 67.7 Å². The third kappa shape index (κ3) is 3.84. The van der Waals surface area contributed by atoms with E-state index in [0.717, 1.165) is 61.0 Å². The number of hydrogen-bond donors (Lipinski definition) is 1. The van der Waals surface area contributed by atoms with E-state index in [0.29, 0.717) is 6.54 Å². The van der Waals surface area contributed by atoms with Gasteiger partial charge in [-0.3, -0.25) is 4.68 Å². The Kier molecular flexibility index (Phi) is 6.22. The third-order valence-electron chi connectivity index (χ3n) is 5.44. The maximum atomic E-state index is 11.8. The predicted octanol–water partition coefficient (Wildman–Crippen LogP) is 5.81. The topological polar surface area (TPSA) is 60.0 Å². The molecule has 150 valence electrons. The highest BCUT2D eigenvalue weighted by molar-refractivity contribution is 5.98. The van der Waals surface area contributed by atoms with E-state index in [-0.39, 0.29) is 5.69 Å². The van der Waals surface area contributed by atoms with Gasteiger partial charge in [-0.05, 0) is 44.4 Å². The number of benzene rings is 1. The van der Waals surface area contributed by atoms with Gasteiger partial charge >= 0.3 is 5.97 Å². The Labute approximate surface area is 167 Å². The van der Waals surface area contributed by atoms with Gasteiger partial charge in [0.1, 0.15) is 5.69 Å². The number of carbonyl (C=O) groups is 1. The van der Waals surface area contributed by atoms with E-state index in [4.69, 9.17) is 5.10 Å². The van der Waals surface area contributed by atoms with Crippen LogP contribution in [-0.4, -0.2) is 25.4 Å². The second-order valence-corrected chi connectivity index (χ2v) is 7.64. The van der Waals surface area contributed by atoms with Gasteiger partial charge in [-0.25, -0.2) is 4.79 Å². The zero-order chi connectivity index (χ0) is 20.3. The summed E-state index contributed by atoms with van der Waals surface area (Å²) in [6.45, 7) is 10.2. The summed E-state index contributed by atoms with van der Waals surface area (Å²) >= 11 is 0. The van der Waals surface area contributed by atoms with E-state index in [1.54, 1.807) is 10.7 Å². The van der Waals surface area contributed by atoms with Crippen LogP contribution in [0.25, 0.3) is 22.2 Å². The van der Waals surface area contributed by atoms with Crippen molar-refractivity contribution in [2.45, 2.75) is 72.9 Å². The zero-order valence-electron chi connectivity index (χ0n) is 17.5. The maximum Gasteiger partial charge on any atom is 0.354 e. The van der Waals surface area contributed by atoms with Gasteiger partial charge in [0.2, 0.25) is 0 Å². The van der Waals surface area contributed by atoms with Crippen molar-refractivity contribution in [3.05, 3.63) is 41.2 Å². The van der Waals surface area contributed by atoms with Crippen LogP contribution in [0.3, 0.4) is 0 Å². The molecule has 3 rings (SSSR count). The van der Waals surface area contributed by atoms with Crippen molar-refractivity contribution >= 4 is 16.9 Å².